The van der Waals surface area contributed by atoms with Gasteiger partial charge >= 0.3 is 11.5 Å². The maximum Gasteiger partial charge on any atom is 0.441 e. The topological polar surface area (TPSA) is 52.6 Å². The molecule has 2 N–H and O–H groups in total. The molecule has 4 nitrogen and oxygen atoms in total. The summed E-state index contributed by atoms with van der Waals surface area (Å²) < 4.78 is 35.6. The highest BCUT2D eigenvalue weighted by Crippen LogP contribution is 2.29. The van der Waals surface area contributed by atoms with E-state index >= 15 is 0 Å². The molecule has 8 heteroatoms. The number of carboxylic acids is 1. The van der Waals surface area contributed by atoms with E-state index in [0.717, 1.165) is 0 Å². The van der Waals surface area contributed by atoms with Crippen LogP contribution in [0.25, 0.3) is 0 Å². The van der Waals surface area contributed by atoms with Gasteiger partial charge in [0.05, 0.1) is 0 Å². The van der Waals surface area contributed by atoms with E-state index in [1.165, 1.54) is 0 Å². The van der Waals surface area contributed by atoms with Gasteiger partial charge in [-0.1, -0.05) is 0 Å². The molecule has 1 rings (SSSR count). The summed E-state index contributed by atoms with van der Waals surface area (Å²) in [6.07, 6.45) is 0. The van der Waals surface area contributed by atoms with Crippen LogP contribution in [0.4, 0.5) is 13.2 Å². The second-order valence-corrected chi connectivity index (χ2v) is 4.55. The average molecular weight is 258 g/mol. The lowest BCUT2D eigenvalue weighted by atomic mass is 10.2. The Kier molecular flexibility index (Phi) is 4.88. The van der Waals surface area contributed by atoms with Crippen molar-refractivity contribution in [1.29, 1.82) is 0 Å². The first-order valence-electron chi connectivity index (χ1n) is 4.78. The van der Waals surface area contributed by atoms with Crippen LogP contribution in [-0.4, -0.2) is 59.5 Å². The molecule has 0 aromatic carbocycles. The van der Waals surface area contributed by atoms with Gasteiger partial charge in [0.25, 0.3) is 0 Å². The van der Waals surface area contributed by atoms with Gasteiger partial charge in [0.15, 0.2) is 0 Å². The van der Waals surface area contributed by atoms with Crippen molar-refractivity contribution in [3.63, 3.8) is 0 Å². The molecule has 0 spiro atoms. The van der Waals surface area contributed by atoms with Gasteiger partial charge in [0.2, 0.25) is 0 Å². The number of carbonyl (C=O) groups is 1. The summed E-state index contributed by atoms with van der Waals surface area (Å²) in [5, 5.41) is 11.8. The van der Waals surface area contributed by atoms with Crippen LogP contribution in [0.1, 0.15) is 0 Å². The lowest BCUT2D eigenvalue weighted by molar-refractivity contribution is -0.143. The number of thioether (sulfide) groups is 1. The number of rotatable bonds is 4. The monoisotopic (exact) mass is 258 g/mol. The summed E-state index contributed by atoms with van der Waals surface area (Å²) in [7, 11) is 0. The zero-order valence-corrected chi connectivity index (χ0v) is 9.27. The van der Waals surface area contributed by atoms with Gasteiger partial charge < -0.3 is 10.4 Å². The van der Waals surface area contributed by atoms with Crippen LogP contribution in [0.3, 0.4) is 0 Å². The van der Waals surface area contributed by atoms with Crippen molar-refractivity contribution in [2.45, 2.75) is 11.6 Å². The highest BCUT2D eigenvalue weighted by atomic mass is 32.2. The number of halogens is 3. The molecule has 94 valence electrons. The van der Waals surface area contributed by atoms with Crippen molar-refractivity contribution < 1.29 is 23.1 Å². The Balaban J connectivity index is 2.36. The molecule has 0 radical (unpaired) electrons. The van der Waals surface area contributed by atoms with E-state index in [9.17, 15) is 18.0 Å². The van der Waals surface area contributed by atoms with Crippen molar-refractivity contribution in [1.82, 2.24) is 10.2 Å². The summed E-state index contributed by atoms with van der Waals surface area (Å²) in [6, 6.07) is -0.720. The Morgan fingerprint density at radius 3 is 2.81 bits per heavy atom. The maximum absolute atomic E-state index is 11.9. The zero-order valence-electron chi connectivity index (χ0n) is 8.46. The molecule has 1 heterocycles. The number of hydrogen-bond acceptors (Lipinski definition) is 4. The van der Waals surface area contributed by atoms with Gasteiger partial charge in [-0.2, -0.15) is 13.2 Å². The number of aliphatic carboxylic acids is 1. The first-order valence-corrected chi connectivity index (χ1v) is 5.77. The summed E-state index contributed by atoms with van der Waals surface area (Å²) in [5.74, 6) is -1.13. The molecule has 1 atom stereocenters. The van der Waals surface area contributed by atoms with E-state index in [1.54, 1.807) is 4.90 Å². The molecule has 1 fully saturated rings. The van der Waals surface area contributed by atoms with E-state index < -0.39 is 17.5 Å². The minimum atomic E-state index is -4.24. The Bertz CT molecular complexity index is 250. The Labute approximate surface area is 95.2 Å². The molecule has 0 amide bonds. The van der Waals surface area contributed by atoms with Crippen LogP contribution in [0.2, 0.25) is 0 Å². The lowest BCUT2D eigenvalue weighted by Gasteiger charge is -2.33. The smallest absolute Gasteiger partial charge is 0.441 e. The normalized spacial score (nSPS) is 23.3. The molecule has 0 saturated carbocycles. The fraction of sp³-hybridized carbons (Fsp3) is 0.875. The average Bonchev–Trinajstić information content (AvgIpc) is 2.16. The molecular formula is C8H13F3N2O2S. The summed E-state index contributed by atoms with van der Waals surface area (Å²) in [5.41, 5.74) is -4.24. The lowest BCUT2D eigenvalue weighted by Crippen LogP contribution is -2.55. The Morgan fingerprint density at radius 2 is 2.25 bits per heavy atom. The van der Waals surface area contributed by atoms with Gasteiger partial charge in [-0.3, -0.25) is 9.69 Å². The number of nitrogens with zero attached hydrogens (tertiary/aromatic N) is 1. The highest BCUT2D eigenvalue weighted by Gasteiger charge is 2.31. The van der Waals surface area contributed by atoms with E-state index in [1.807, 2.05) is 0 Å². The number of alkyl halides is 3. The predicted molar refractivity (Wildman–Crippen MR) is 54.4 cm³/mol. The van der Waals surface area contributed by atoms with Gasteiger partial charge in [-0.05, 0) is 11.8 Å². The van der Waals surface area contributed by atoms with Crippen LogP contribution in [-0.2, 0) is 4.79 Å². The third-order valence-corrected chi connectivity index (χ3v) is 3.00. The van der Waals surface area contributed by atoms with Gasteiger partial charge in [-0.25, -0.2) is 0 Å². The van der Waals surface area contributed by atoms with Gasteiger partial charge in [-0.15, -0.1) is 0 Å². The minimum absolute atomic E-state index is 0.114. The Morgan fingerprint density at radius 1 is 1.56 bits per heavy atom. The molecule has 1 aliphatic rings. The van der Waals surface area contributed by atoms with E-state index in [2.05, 4.69) is 5.32 Å². The van der Waals surface area contributed by atoms with E-state index in [0.29, 0.717) is 13.1 Å². The third-order valence-electron chi connectivity index (χ3n) is 2.28. The van der Waals surface area contributed by atoms with Crippen LogP contribution in [0.5, 0.6) is 0 Å². The quantitative estimate of drug-likeness (QED) is 0.773. The predicted octanol–water partition coefficient (Wildman–Crippen LogP) is 0.598. The number of hydrogen-bond donors (Lipinski definition) is 2. The van der Waals surface area contributed by atoms with Crippen molar-refractivity contribution in [3.05, 3.63) is 0 Å². The van der Waals surface area contributed by atoms with Gasteiger partial charge in [0, 0.05) is 31.9 Å². The van der Waals surface area contributed by atoms with Crippen molar-refractivity contribution in [3.8, 4) is 0 Å². The number of carboxylic acid groups (broad SMARTS) is 1. The van der Waals surface area contributed by atoms with Crippen LogP contribution < -0.4 is 5.32 Å². The molecule has 1 unspecified atom stereocenters. The maximum atomic E-state index is 11.9. The summed E-state index contributed by atoms with van der Waals surface area (Å²) >= 11 is -0.114. The number of nitrogens with one attached hydrogen (secondary N) is 1. The van der Waals surface area contributed by atoms with E-state index in [4.69, 9.17) is 5.11 Å². The number of piperazine rings is 1. The molecule has 0 bridgehead atoms. The summed E-state index contributed by atoms with van der Waals surface area (Å²) in [4.78, 5) is 12.4. The fourth-order valence-corrected chi connectivity index (χ4v) is 2.09. The van der Waals surface area contributed by atoms with Gasteiger partial charge in [0.1, 0.15) is 6.04 Å². The van der Waals surface area contributed by atoms with Crippen molar-refractivity contribution in [2.24, 2.45) is 0 Å². The second-order valence-electron chi connectivity index (χ2n) is 3.39. The molecule has 16 heavy (non-hydrogen) atoms. The van der Waals surface area contributed by atoms with Crippen molar-refractivity contribution >= 4 is 17.7 Å². The second kappa shape index (κ2) is 5.74. The molecule has 0 aromatic heterocycles. The Hall–Kier alpha value is -0.470. The van der Waals surface area contributed by atoms with Crippen LogP contribution in [0, 0.1) is 0 Å². The summed E-state index contributed by atoms with van der Waals surface area (Å²) in [6.45, 7) is 1.50. The first kappa shape index (κ1) is 13.6. The van der Waals surface area contributed by atoms with E-state index in [-0.39, 0.29) is 30.6 Å². The SMILES string of the molecule is O=C(O)C1CNCCN1CCSC(F)(F)F. The molecule has 1 aliphatic heterocycles. The van der Waals surface area contributed by atoms with Crippen LogP contribution in [0.15, 0.2) is 0 Å². The third kappa shape index (κ3) is 4.58. The standard InChI is InChI=1S/C8H13F3N2O2S/c9-8(10,11)16-4-3-13-2-1-12-5-6(13)7(14)15/h6,12H,1-5H2,(H,14,15). The van der Waals surface area contributed by atoms with Crippen molar-refractivity contribution in [2.75, 3.05) is 31.9 Å². The zero-order chi connectivity index (χ0) is 12.2. The molecule has 0 aromatic rings. The van der Waals surface area contributed by atoms with Crippen LogP contribution >= 0.6 is 11.8 Å². The largest absolute Gasteiger partial charge is 0.480 e. The minimum Gasteiger partial charge on any atom is -0.480 e. The molecular weight excluding hydrogens is 245 g/mol. The molecule has 0 aliphatic carbocycles. The highest BCUT2D eigenvalue weighted by molar-refractivity contribution is 8.00. The first-order chi connectivity index (χ1) is 7.40. The fourth-order valence-electron chi connectivity index (χ4n) is 1.54. The molecule has 1 saturated heterocycles.